The molecule has 0 unspecified atom stereocenters. The molecule has 9 heteroatoms. The molecule has 0 fully saturated rings. The quantitative estimate of drug-likeness (QED) is 0.822. The molecule has 7 nitrogen and oxygen atoms in total. The molecule has 0 amide bonds. The number of phenolic OH excluding ortho intramolecular Hbond substituents is 1. The fraction of sp³-hybridized carbons (Fsp3) is 0.214. The molecule has 2 aromatic rings. The molecule has 0 saturated heterocycles. The van der Waals surface area contributed by atoms with Gasteiger partial charge in [0.25, 0.3) is 10.0 Å². The van der Waals surface area contributed by atoms with E-state index in [1.807, 2.05) is 0 Å². The molecular formula is C14H14ClNO6S. The van der Waals surface area contributed by atoms with Crippen molar-refractivity contribution in [3.8, 4) is 5.75 Å². The lowest BCUT2D eigenvalue weighted by molar-refractivity contribution is 0.0437. The molecule has 1 aromatic heterocycles. The van der Waals surface area contributed by atoms with E-state index in [1.165, 1.54) is 44.4 Å². The van der Waals surface area contributed by atoms with Crippen molar-refractivity contribution in [3.05, 3.63) is 46.7 Å². The summed E-state index contributed by atoms with van der Waals surface area (Å²) >= 11 is 5.75. The molecule has 0 radical (unpaired) electrons. The summed E-state index contributed by atoms with van der Waals surface area (Å²) in [6.07, 6.45) is 0. The van der Waals surface area contributed by atoms with Crippen LogP contribution in [0.1, 0.15) is 16.1 Å². The predicted octanol–water partition coefficient (Wildman–Crippen LogP) is 2.25. The molecule has 1 aromatic carbocycles. The summed E-state index contributed by atoms with van der Waals surface area (Å²) in [5.41, 5.74) is -0.0924. The summed E-state index contributed by atoms with van der Waals surface area (Å²) in [5.74, 6) is -0.923. The molecule has 0 bridgehead atoms. The Morgan fingerprint density at radius 3 is 2.65 bits per heavy atom. The Labute approximate surface area is 138 Å². The lowest BCUT2D eigenvalue weighted by Gasteiger charge is -2.08. The number of halogens is 1. The molecule has 2 rings (SSSR count). The molecule has 0 aliphatic heterocycles. The number of nitrogens with zero attached hydrogens (tertiary/aromatic N) is 1. The van der Waals surface area contributed by atoms with Gasteiger partial charge in [0.05, 0.1) is 0 Å². The van der Waals surface area contributed by atoms with Crippen molar-refractivity contribution in [2.75, 3.05) is 14.1 Å². The van der Waals surface area contributed by atoms with Gasteiger partial charge in [-0.25, -0.2) is 17.5 Å². The molecule has 0 aliphatic rings. The van der Waals surface area contributed by atoms with Gasteiger partial charge in [-0.15, -0.1) is 0 Å². The number of furan rings is 1. The van der Waals surface area contributed by atoms with Crippen LogP contribution in [0.5, 0.6) is 5.75 Å². The molecular weight excluding hydrogens is 346 g/mol. The summed E-state index contributed by atoms with van der Waals surface area (Å²) in [6.45, 7) is -0.284. The molecule has 23 heavy (non-hydrogen) atoms. The predicted molar refractivity (Wildman–Crippen MR) is 81.8 cm³/mol. The van der Waals surface area contributed by atoms with E-state index >= 15 is 0 Å². The van der Waals surface area contributed by atoms with E-state index in [4.69, 9.17) is 20.8 Å². The van der Waals surface area contributed by atoms with E-state index in [0.717, 1.165) is 4.31 Å². The Morgan fingerprint density at radius 1 is 1.30 bits per heavy atom. The van der Waals surface area contributed by atoms with Gasteiger partial charge >= 0.3 is 5.97 Å². The van der Waals surface area contributed by atoms with Gasteiger partial charge in [0.15, 0.2) is 0 Å². The van der Waals surface area contributed by atoms with Gasteiger partial charge in [-0.3, -0.25) is 0 Å². The fourth-order valence-electron chi connectivity index (χ4n) is 1.64. The average molecular weight is 360 g/mol. The third-order valence-corrected chi connectivity index (χ3v) is 4.82. The summed E-state index contributed by atoms with van der Waals surface area (Å²) < 4.78 is 34.9. The molecule has 0 aliphatic carbocycles. The Morgan fingerprint density at radius 2 is 2.00 bits per heavy atom. The number of hydrogen-bond donors (Lipinski definition) is 1. The second kappa shape index (κ2) is 6.61. The van der Waals surface area contributed by atoms with Gasteiger partial charge in [-0.2, -0.15) is 0 Å². The van der Waals surface area contributed by atoms with E-state index in [0.29, 0.717) is 0 Å². The molecule has 124 valence electrons. The largest absolute Gasteiger partial charge is 0.507 e. The number of sulfonamides is 1. The molecule has 1 heterocycles. The highest BCUT2D eigenvalue weighted by molar-refractivity contribution is 7.88. The van der Waals surface area contributed by atoms with Crippen molar-refractivity contribution in [2.45, 2.75) is 11.7 Å². The second-order valence-electron chi connectivity index (χ2n) is 4.75. The van der Waals surface area contributed by atoms with Crippen LogP contribution < -0.4 is 0 Å². The van der Waals surface area contributed by atoms with Gasteiger partial charge in [0.2, 0.25) is 5.09 Å². The van der Waals surface area contributed by atoms with E-state index in [-0.39, 0.29) is 33.8 Å². The lowest BCUT2D eigenvalue weighted by atomic mass is 10.2. The first-order valence-electron chi connectivity index (χ1n) is 6.38. The fourth-order valence-corrected chi connectivity index (χ4v) is 2.62. The third kappa shape index (κ3) is 3.84. The van der Waals surface area contributed by atoms with Crippen molar-refractivity contribution < 1.29 is 27.5 Å². The number of hydrogen-bond acceptors (Lipinski definition) is 6. The zero-order valence-corrected chi connectivity index (χ0v) is 13.9. The van der Waals surface area contributed by atoms with Crippen LogP contribution in [0.4, 0.5) is 0 Å². The van der Waals surface area contributed by atoms with Crippen molar-refractivity contribution in [3.63, 3.8) is 0 Å². The zero-order valence-electron chi connectivity index (χ0n) is 12.3. The van der Waals surface area contributed by atoms with Crippen LogP contribution in [0, 0.1) is 0 Å². The van der Waals surface area contributed by atoms with E-state index in [9.17, 15) is 18.3 Å². The Balaban J connectivity index is 2.09. The highest BCUT2D eigenvalue weighted by Gasteiger charge is 2.22. The van der Waals surface area contributed by atoms with Crippen LogP contribution in [0.2, 0.25) is 5.02 Å². The van der Waals surface area contributed by atoms with Crippen LogP contribution in [-0.4, -0.2) is 37.9 Å². The maximum Gasteiger partial charge on any atom is 0.342 e. The number of ether oxygens (including phenoxy) is 1. The minimum atomic E-state index is -3.69. The number of aromatic hydroxyl groups is 1. The van der Waals surface area contributed by atoms with E-state index < -0.39 is 16.0 Å². The zero-order chi connectivity index (χ0) is 17.2. The number of carbonyl (C=O) groups is 1. The van der Waals surface area contributed by atoms with Gasteiger partial charge < -0.3 is 14.3 Å². The van der Waals surface area contributed by atoms with Crippen LogP contribution in [0.25, 0.3) is 0 Å². The van der Waals surface area contributed by atoms with Crippen LogP contribution in [0.15, 0.2) is 39.8 Å². The van der Waals surface area contributed by atoms with Crippen molar-refractivity contribution in [2.24, 2.45) is 0 Å². The van der Waals surface area contributed by atoms with E-state index in [2.05, 4.69) is 0 Å². The minimum absolute atomic E-state index is 0.0924. The maximum absolute atomic E-state index is 11.9. The molecule has 0 spiro atoms. The molecule has 1 N–H and O–H groups in total. The topological polar surface area (TPSA) is 97.0 Å². The summed E-state index contributed by atoms with van der Waals surface area (Å²) in [5, 5.41) is 9.63. The van der Waals surface area contributed by atoms with Crippen LogP contribution in [0.3, 0.4) is 0 Å². The van der Waals surface area contributed by atoms with Crippen molar-refractivity contribution in [1.82, 2.24) is 4.31 Å². The van der Waals surface area contributed by atoms with E-state index in [1.54, 1.807) is 0 Å². The van der Waals surface area contributed by atoms with Gasteiger partial charge in [0.1, 0.15) is 23.7 Å². The van der Waals surface area contributed by atoms with Gasteiger partial charge in [0, 0.05) is 19.1 Å². The number of esters is 1. The molecule has 0 saturated carbocycles. The Bertz CT molecular complexity index is 828. The summed E-state index contributed by atoms with van der Waals surface area (Å²) in [7, 11) is -0.941. The first kappa shape index (κ1) is 17.3. The van der Waals surface area contributed by atoms with Crippen molar-refractivity contribution >= 4 is 27.6 Å². The number of carbonyl (C=O) groups excluding carboxylic acids is 1. The number of benzene rings is 1. The molecule has 0 atom stereocenters. The van der Waals surface area contributed by atoms with Crippen LogP contribution in [-0.2, 0) is 21.4 Å². The third-order valence-electron chi connectivity index (χ3n) is 2.90. The maximum atomic E-state index is 11.9. The average Bonchev–Trinajstić information content (AvgIpc) is 2.96. The first-order valence-corrected chi connectivity index (χ1v) is 8.20. The SMILES string of the molecule is CN(C)S(=O)(=O)c1ccc(COC(=O)c2cc(Cl)ccc2O)o1. The summed E-state index contributed by atoms with van der Waals surface area (Å²) in [4.78, 5) is 11.9. The highest BCUT2D eigenvalue weighted by atomic mass is 35.5. The van der Waals surface area contributed by atoms with Gasteiger partial charge in [-0.1, -0.05) is 11.6 Å². The monoisotopic (exact) mass is 359 g/mol. The Kier molecular flexibility index (Phi) is 4.98. The van der Waals surface area contributed by atoms with Gasteiger partial charge in [-0.05, 0) is 30.3 Å². The number of rotatable bonds is 5. The second-order valence-corrected chi connectivity index (χ2v) is 7.27. The Hall–Kier alpha value is -2.03. The highest BCUT2D eigenvalue weighted by Crippen LogP contribution is 2.23. The minimum Gasteiger partial charge on any atom is -0.507 e. The van der Waals surface area contributed by atoms with Crippen molar-refractivity contribution in [1.29, 1.82) is 0 Å². The smallest absolute Gasteiger partial charge is 0.342 e. The normalized spacial score (nSPS) is 11.7. The lowest BCUT2D eigenvalue weighted by Crippen LogP contribution is -2.21. The summed E-state index contributed by atoms with van der Waals surface area (Å²) in [6, 6.07) is 6.63. The van der Waals surface area contributed by atoms with Crippen LogP contribution >= 0.6 is 11.6 Å². The number of phenols is 1. The standard InChI is InChI=1S/C14H14ClNO6S/c1-16(2)23(19,20)13-6-4-10(22-13)8-21-14(18)11-7-9(15)3-5-12(11)17/h3-7,17H,8H2,1-2H3. The first-order chi connectivity index (χ1) is 10.7.